The SMILES string of the molecule is Cc1cnc(C(=O)Oc2cc(Cl)ccc2Cl)cn1. The van der Waals surface area contributed by atoms with Crippen LogP contribution in [0.5, 0.6) is 5.75 Å². The zero-order valence-electron chi connectivity index (χ0n) is 9.35. The first-order valence-electron chi connectivity index (χ1n) is 5.02. The fourth-order valence-corrected chi connectivity index (χ4v) is 1.52. The molecule has 0 spiro atoms. The van der Waals surface area contributed by atoms with Crippen LogP contribution in [0, 0.1) is 6.92 Å². The van der Waals surface area contributed by atoms with E-state index in [0.717, 1.165) is 0 Å². The summed E-state index contributed by atoms with van der Waals surface area (Å²) in [5.41, 5.74) is 0.823. The molecule has 1 heterocycles. The average Bonchev–Trinajstić information content (AvgIpc) is 2.34. The van der Waals surface area contributed by atoms with Crippen molar-refractivity contribution in [2.24, 2.45) is 0 Å². The van der Waals surface area contributed by atoms with Gasteiger partial charge in [-0.2, -0.15) is 0 Å². The Morgan fingerprint density at radius 1 is 1.22 bits per heavy atom. The van der Waals surface area contributed by atoms with Crippen molar-refractivity contribution in [1.82, 2.24) is 9.97 Å². The number of benzene rings is 1. The minimum atomic E-state index is -0.633. The van der Waals surface area contributed by atoms with Crippen molar-refractivity contribution in [2.75, 3.05) is 0 Å². The summed E-state index contributed by atoms with van der Waals surface area (Å²) >= 11 is 11.7. The normalized spacial score (nSPS) is 10.2. The third-order valence-corrected chi connectivity index (χ3v) is 2.63. The monoisotopic (exact) mass is 282 g/mol. The van der Waals surface area contributed by atoms with Crippen molar-refractivity contribution in [3.8, 4) is 5.75 Å². The Balaban J connectivity index is 2.21. The van der Waals surface area contributed by atoms with Crippen LogP contribution in [0.4, 0.5) is 0 Å². The number of ether oxygens (including phenoxy) is 1. The minimum Gasteiger partial charge on any atom is -0.420 e. The number of carbonyl (C=O) groups excluding carboxylic acids is 1. The maximum absolute atomic E-state index is 11.8. The third kappa shape index (κ3) is 2.97. The molecule has 0 amide bonds. The Morgan fingerprint density at radius 2 is 2.00 bits per heavy atom. The molecule has 92 valence electrons. The van der Waals surface area contributed by atoms with E-state index in [2.05, 4.69) is 9.97 Å². The second-order valence-corrected chi connectivity index (χ2v) is 4.35. The molecule has 6 heteroatoms. The van der Waals surface area contributed by atoms with Crippen molar-refractivity contribution in [3.63, 3.8) is 0 Å². The van der Waals surface area contributed by atoms with Crippen LogP contribution >= 0.6 is 23.2 Å². The predicted octanol–water partition coefficient (Wildman–Crippen LogP) is 3.31. The van der Waals surface area contributed by atoms with Gasteiger partial charge in [-0.05, 0) is 19.1 Å². The Morgan fingerprint density at radius 3 is 2.67 bits per heavy atom. The topological polar surface area (TPSA) is 52.1 Å². The van der Waals surface area contributed by atoms with E-state index >= 15 is 0 Å². The summed E-state index contributed by atoms with van der Waals surface area (Å²) in [6, 6.07) is 4.61. The van der Waals surface area contributed by atoms with Crippen LogP contribution in [0.3, 0.4) is 0 Å². The van der Waals surface area contributed by atoms with Crippen LogP contribution in [0.1, 0.15) is 16.2 Å². The van der Waals surface area contributed by atoms with Gasteiger partial charge in [0, 0.05) is 17.3 Å². The molecule has 4 nitrogen and oxygen atoms in total. The molecule has 0 fully saturated rings. The zero-order chi connectivity index (χ0) is 13.1. The number of hydrogen-bond donors (Lipinski definition) is 0. The van der Waals surface area contributed by atoms with Crippen LogP contribution in [0.15, 0.2) is 30.6 Å². The van der Waals surface area contributed by atoms with Crippen LogP contribution in [-0.4, -0.2) is 15.9 Å². The molecule has 18 heavy (non-hydrogen) atoms. The molecule has 1 aromatic carbocycles. The van der Waals surface area contributed by atoms with E-state index in [1.165, 1.54) is 18.5 Å². The molecule has 0 unspecified atom stereocenters. The summed E-state index contributed by atoms with van der Waals surface area (Å²) < 4.78 is 5.09. The highest BCUT2D eigenvalue weighted by molar-refractivity contribution is 6.34. The van der Waals surface area contributed by atoms with E-state index in [0.29, 0.717) is 15.7 Å². The van der Waals surface area contributed by atoms with Gasteiger partial charge >= 0.3 is 5.97 Å². The molecule has 0 saturated carbocycles. The minimum absolute atomic E-state index is 0.108. The number of hydrogen-bond acceptors (Lipinski definition) is 4. The molecule has 0 aliphatic carbocycles. The quantitative estimate of drug-likeness (QED) is 0.626. The molecule has 1 aromatic heterocycles. The maximum Gasteiger partial charge on any atom is 0.363 e. The molecule has 0 atom stereocenters. The van der Waals surface area contributed by atoms with Gasteiger partial charge in [0.1, 0.15) is 0 Å². The number of aromatic nitrogens is 2. The molecule has 2 rings (SSSR count). The lowest BCUT2D eigenvalue weighted by Crippen LogP contribution is -2.11. The van der Waals surface area contributed by atoms with Crippen molar-refractivity contribution >= 4 is 29.2 Å². The van der Waals surface area contributed by atoms with Gasteiger partial charge in [-0.3, -0.25) is 4.98 Å². The van der Waals surface area contributed by atoms with Gasteiger partial charge in [-0.1, -0.05) is 23.2 Å². The van der Waals surface area contributed by atoms with E-state index < -0.39 is 5.97 Å². The van der Waals surface area contributed by atoms with Gasteiger partial charge in [-0.25, -0.2) is 9.78 Å². The van der Waals surface area contributed by atoms with Gasteiger partial charge in [0.05, 0.1) is 16.9 Å². The van der Waals surface area contributed by atoms with Crippen molar-refractivity contribution in [1.29, 1.82) is 0 Å². The first-order chi connectivity index (χ1) is 8.56. The van der Waals surface area contributed by atoms with E-state index in [9.17, 15) is 4.79 Å². The largest absolute Gasteiger partial charge is 0.420 e. The lowest BCUT2D eigenvalue weighted by Gasteiger charge is -2.05. The first kappa shape index (κ1) is 12.8. The lowest BCUT2D eigenvalue weighted by molar-refractivity contribution is 0.0728. The first-order valence-corrected chi connectivity index (χ1v) is 5.78. The summed E-state index contributed by atoms with van der Waals surface area (Å²) in [4.78, 5) is 19.6. The van der Waals surface area contributed by atoms with E-state index in [4.69, 9.17) is 27.9 Å². The summed E-state index contributed by atoms with van der Waals surface area (Å²) in [6.45, 7) is 1.77. The van der Waals surface area contributed by atoms with Crippen LogP contribution < -0.4 is 4.74 Å². The molecule has 0 aliphatic heterocycles. The number of halogens is 2. The van der Waals surface area contributed by atoms with Gasteiger partial charge in [-0.15, -0.1) is 0 Å². The van der Waals surface area contributed by atoms with Crippen molar-refractivity contribution < 1.29 is 9.53 Å². The second-order valence-electron chi connectivity index (χ2n) is 3.51. The highest BCUT2D eigenvalue weighted by Crippen LogP contribution is 2.28. The van der Waals surface area contributed by atoms with E-state index in [1.807, 2.05) is 0 Å². The lowest BCUT2D eigenvalue weighted by atomic mass is 10.3. The predicted molar refractivity (Wildman–Crippen MR) is 68.2 cm³/mol. The third-order valence-electron chi connectivity index (χ3n) is 2.09. The molecule has 0 aliphatic rings. The molecular formula is C12H8Cl2N2O2. The summed E-state index contributed by atoms with van der Waals surface area (Å²) in [5, 5.41) is 0.727. The summed E-state index contributed by atoms with van der Waals surface area (Å²) in [5.74, 6) is -0.441. The number of nitrogens with zero attached hydrogens (tertiary/aromatic N) is 2. The fourth-order valence-electron chi connectivity index (χ4n) is 1.21. The van der Waals surface area contributed by atoms with Gasteiger partial charge in [0.25, 0.3) is 0 Å². The standard InChI is InChI=1S/C12H8Cl2N2O2/c1-7-5-16-10(6-15-7)12(17)18-11-4-8(13)2-3-9(11)14/h2-6H,1H3. The molecule has 2 aromatic rings. The van der Waals surface area contributed by atoms with Gasteiger partial charge < -0.3 is 4.74 Å². The number of esters is 1. The highest BCUT2D eigenvalue weighted by Gasteiger charge is 2.13. The molecule has 0 bridgehead atoms. The zero-order valence-corrected chi connectivity index (χ0v) is 10.9. The smallest absolute Gasteiger partial charge is 0.363 e. The molecule has 0 N–H and O–H groups in total. The fraction of sp³-hybridized carbons (Fsp3) is 0.0833. The molecule has 0 saturated heterocycles. The van der Waals surface area contributed by atoms with E-state index in [1.54, 1.807) is 19.1 Å². The summed E-state index contributed by atoms with van der Waals surface area (Å²) in [6.07, 6.45) is 2.83. The Kier molecular flexibility index (Phi) is 3.79. The molecular weight excluding hydrogens is 275 g/mol. The number of aryl methyl sites for hydroxylation is 1. The van der Waals surface area contributed by atoms with Crippen LogP contribution in [0.2, 0.25) is 10.0 Å². The van der Waals surface area contributed by atoms with Crippen molar-refractivity contribution in [3.05, 3.63) is 52.0 Å². The van der Waals surface area contributed by atoms with Gasteiger partial charge in [0.15, 0.2) is 11.4 Å². The van der Waals surface area contributed by atoms with Crippen LogP contribution in [-0.2, 0) is 0 Å². The second kappa shape index (κ2) is 5.33. The van der Waals surface area contributed by atoms with Gasteiger partial charge in [0.2, 0.25) is 0 Å². The van der Waals surface area contributed by atoms with E-state index in [-0.39, 0.29) is 11.4 Å². The van der Waals surface area contributed by atoms with Crippen LogP contribution in [0.25, 0.3) is 0 Å². The maximum atomic E-state index is 11.8. The molecule has 0 radical (unpaired) electrons. The average molecular weight is 283 g/mol. The Hall–Kier alpha value is -1.65. The summed E-state index contributed by atoms with van der Waals surface area (Å²) in [7, 11) is 0. The number of rotatable bonds is 2. The van der Waals surface area contributed by atoms with Crippen molar-refractivity contribution in [2.45, 2.75) is 6.92 Å². The Labute approximate surface area is 114 Å². The Bertz CT molecular complexity index is 585. The highest BCUT2D eigenvalue weighted by atomic mass is 35.5. The number of carbonyl (C=O) groups is 1.